The Kier molecular flexibility index (Phi) is 5.72. The van der Waals surface area contributed by atoms with Gasteiger partial charge in [0.2, 0.25) is 0 Å². The summed E-state index contributed by atoms with van der Waals surface area (Å²) in [5.74, 6) is -0.0625. The van der Waals surface area contributed by atoms with Gasteiger partial charge in [0.25, 0.3) is 0 Å². The molecule has 0 saturated carbocycles. The zero-order valence-corrected chi connectivity index (χ0v) is 20.3. The molecule has 0 atom stereocenters. The number of aliphatic hydroxyl groups is 1. The van der Waals surface area contributed by atoms with Crippen LogP contribution in [0.5, 0.6) is 0 Å². The third-order valence-corrected chi connectivity index (χ3v) is 5.65. The van der Waals surface area contributed by atoms with Crippen molar-refractivity contribution in [2.24, 2.45) is 7.05 Å². The minimum Gasteiger partial charge on any atom is -0.512 e. The predicted molar refractivity (Wildman–Crippen MR) is 126 cm³/mol. The average molecular weight is 598 g/mol. The van der Waals surface area contributed by atoms with Crippen molar-refractivity contribution in [3.8, 4) is 22.3 Å². The largest absolute Gasteiger partial charge is 0.512 e. The quantitative estimate of drug-likeness (QED) is 0.136. The van der Waals surface area contributed by atoms with Gasteiger partial charge in [-0.2, -0.15) is 0 Å². The fraction of sp³-hybridized carbons (Fsp3) is 0.111. The van der Waals surface area contributed by atoms with Gasteiger partial charge in [-0.3, -0.25) is 9.78 Å². The summed E-state index contributed by atoms with van der Waals surface area (Å²) in [6, 6.07) is 24.7. The number of aryl methyl sites for hydroxylation is 1. The molecule has 2 aromatic heterocycles. The topological polar surface area (TPSA) is 55.1 Å². The maximum Gasteiger partial charge on any atom is 0.155 e. The van der Waals surface area contributed by atoms with Crippen LogP contribution < -0.4 is 0 Å². The molecule has 4 nitrogen and oxygen atoms in total. The number of pyridine rings is 1. The van der Waals surface area contributed by atoms with E-state index < -0.39 is 0 Å². The van der Waals surface area contributed by atoms with E-state index in [0.717, 1.165) is 16.4 Å². The van der Waals surface area contributed by atoms with Gasteiger partial charge in [-0.25, -0.2) is 0 Å². The van der Waals surface area contributed by atoms with Crippen molar-refractivity contribution in [3.05, 3.63) is 78.6 Å². The van der Waals surface area contributed by atoms with E-state index in [-0.39, 0.29) is 31.6 Å². The Morgan fingerprint density at radius 2 is 1.72 bits per heavy atom. The second kappa shape index (κ2) is 8.34. The smallest absolute Gasteiger partial charge is 0.155 e. The molecular weight excluding hydrogens is 577 g/mol. The molecule has 5 heteroatoms. The van der Waals surface area contributed by atoms with E-state index in [4.69, 9.17) is 10.1 Å². The van der Waals surface area contributed by atoms with E-state index in [1.54, 1.807) is 0 Å². The van der Waals surface area contributed by atoms with Crippen molar-refractivity contribution in [3.63, 3.8) is 0 Å². The number of aliphatic hydroxyl groups excluding tert-OH is 1. The molecule has 1 aliphatic carbocycles. The van der Waals surface area contributed by atoms with Gasteiger partial charge in [0.05, 0.1) is 11.3 Å². The number of fused-ring (bicyclic) bond motifs is 7. The van der Waals surface area contributed by atoms with E-state index in [9.17, 15) is 4.79 Å². The van der Waals surface area contributed by atoms with Crippen molar-refractivity contribution in [1.29, 1.82) is 0 Å². The Morgan fingerprint density at radius 3 is 2.41 bits per heavy atom. The van der Waals surface area contributed by atoms with Crippen LogP contribution in [0.1, 0.15) is 13.8 Å². The first kappa shape index (κ1) is 21.9. The summed E-state index contributed by atoms with van der Waals surface area (Å²) in [5, 5.41) is 10.7. The Hall–Kier alpha value is -3.27. The molecule has 0 saturated heterocycles. The molecule has 6 rings (SSSR count). The van der Waals surface area contributed by atoms with Crippen molar-refractivity contribution >= 4 is 38.6 Å². The number of nitrogens with zero attached hydrogens (tertiary/aromatic N) is 2. The number of benzene rings is 3. The molecule has 32 heavy (non-hydrogen) atoms. The van der Waals surface area contributed by atoms with Gasteiger partial charge in [0, 0.05) is 55.2 Å². The van der Waals surface area contributed by atoms with Gasteiger partial charge in [0.15, 0.2) is 5.78 Å². The maximum absolute atomic E-state index is 10.0. The molecule has 3 aromatic carbocycles. The van der Waals surface area contributed by atoms with E-state index in [1.807, 2.05) is 12.1 Å². The molecular formula is C27H21IrN2O2-. The molecule has 0 amide bonds. The molecule has 1 aliphatic rings. The SMILES string of the molecule is CC(=O)C=C(C)O.Cn1c2ccc[c-]c2c2nc3cccc4c3c(c21)-c1ccccc1-4.[Ir]. The van der Waals surface area contributed by atoms with Crippen LogP contribution in [0.25, 0.3) is 55.1 Å². The molecule has 1 N–H and O–H groups in total. The minimum atomic E-state index is -0.125. The summed E-state index contributed by atoms with van der Waals surface area (Å²) < 4.78 is 2.27. The number of rotatable bonds is 1. The third-order valence-electron chi connectivity index (χ3n) is 5.65. The normalized spacial score (nSPS) is 11.8. The Bertz CT molecular complexity index is 1540. The van der Waals surface area contributed by atoms with Crippen LogP contribution in [0, 0.1) is 6.07 Å². The first-order valence-electron chi connectivity index (χ1n) is 10.2. The zero-order valence-electron chi connectivity index (χ0n) is 17.9. The Labute approximate surface area is 199 Å². The summed E-state index contributed by atoms with van der Waals surface area (Å²) in [6.45, 7) is 2.85. The van der Waals surface area contributed by atoms with Crippen molar-refractivity contribution in [2.45, 2.75) is 13.8 Å². The third kappa shape index (κ3) is 3.35. The Morgan fingerprint density at radius 1 is 1.00 bits per heavy atom. The number of carbonyl (C=O) groups excluding carboxylic acids is 1. The van der Waals surface area contributed by atoms with Crippen LogP contribution >= 0.6 is 0 Å². The second-order valence-corrected chi connectivity index (χ2v) is 7.82. The summed E-state index contributed by atoms with van der Waals surface area (Å²) in [6.07, 6.45) is 1.17. The summed E-state index contributed by atoms with van der Waals surface area (Å²) in [7, 11) is 2.13. The molecule has 5 aromatic rings. The predicted octanol–water partition coefficient (Wildman–Crippen LogP) is 6.36. The number of carbonyl (C=O) groups is 1. The van der Waals surface area contributed by atoms with Crippen LogP contribution in [0.2, 0.25) is 0 Å². The van der Waals surface area contributed by atoms with E-state index >= 15 is 0 Å². The fourth-order valence-corrected chi connectivity index (χ4v) is 4.54. The number of ketones is 1. The Balaban J connectivity index is 0.000000271. The average Bonchev–Trinajstić information content (AvgIpc) is 3.23. The fourth-order valence-electron chi connectivity index (χ4n) is 4.54. The summed E-state index contributed by atoms with van der Waals surface area (Å²) in [5.41, 5.74) is 9.72. The molecule has 161 valence electrons. The maximum atomic E-state index is 10.0. The van der Waals surface area contributed by atoms with Gasteiger partial charge < -0.3 is 9.67 Å². The van der Waals surface area contributed by atoms with Crippen LogP contribution in [0.4, 0.5) is 0 Å². The summed E-state index contributed by atoms with van der Waals surface area (Å²) in [4.78, 5) is 15.0. The molecule has 0 spiro atoms. The molecule has 2 heterocycles. The van der Waals surface area contributed by atoms with Gasteiger partial charge in [-0.1, -0.05) is 41.8 Å². The van der Waals surface area contributed by atoms with Gasteiger partial charge >= 0.3 is 0 Å². The van der Waals surface area contributed by atoms with Crippen molar-refractivity contribution in [1.82, 2.24) is 9.55 Å². The van der Waals surface area contributed by atoms with Gasteiger partial charge in [0.1, 0.15) is 0 Å². The van der Waals surface area contributed by atoms with Gasteiger partial charge in [-0.15, -0.1) is 24.3 Å². The van der Waals surface area contributed by atoms with Crippen LogP contribution in [-0.4, -0.2) is 20.4 Å². The van der Waals surface area contributed by atoms with E-state index in [0.29, 0.717) is 0 Å². The number of allylic oxidation sites excluding steroid dienone is 2. The number of aromatic nitrogens is 2. The zero-order chi connectivity index (χ0) is 21.7. The van der Waals surface area contributed by atoms with Gasteiger partial charge in [-0.05, 0) is 42.1 Å². The van der Waals surface area contributed by atoms with Crippen molar-refractivity contribution in [2.75, 3.05) is 0 Å². The van der Waals surface area contributed by atoms with Crippen LogP contribution in [-0.2, 0) is 31.9 Å². The molecule has 1 radical (unpaired) electrons. The standard InChI is InChI=1S/C22H13N2.C5H8O2.Ir/c1-24-18-12-5-4-9-16(18)21-22(24)20-15-8-3-2-7-13(15)14-10-6-11-17(23-21)19(14)20;1-4(6)3-5(2)7;/h2-8,10-12H,1H3;3,6H,1-2H3;/q-1;;. The molecule has 0 unspecified atom stereocenters. The first-order valence-corrected chi connectivity index (χ1v) is 10.2. The monoisotopic (exact) mass is 598 g/mol. The summed E-state index contributed by atoms with van der Waals surface area (Å²) >= 11 is 0. The van der Waals surface area contributed by atoms with E-state index in [2.05, 4.69) is 66.2 Å². The first-order chi connectivity index (χ1) is 15.0. The second-order valence-electron chi connectivity index (χ2n) is 7.82. The van der Waals surface area contributed by atoms with Crippen LogP contribution in [0.3, 0.4) is 0 Å². The number of hydrogen-bond donors (Lipinski definition) is 1. The molecule has 0 fully saturated rings. The van der Waals surface area contributed by atoms with E-state index in [1.165, 1.54) is 58.6 Å². The van der Waals surface area contributed by atoms with Crippen molar-refractivity contribution < 1.29 is 30.0 Å². The molecule has 0 bridgehead atoms. The minimum absolute atomic E-state index is 0. The number of hydrogen-bond acceptors (Lipinski definition) is 3. The molecule has 0 aliphatic heterocycles. The van der Waals surface area contributed by atoms with Crippen LogP contribution in [0.15, 0.2) is 72.5 Å².